The summed E-state index contributed by atoms with van der Waals surface area (Å²) < 4.78 is 35.3. The number of hydrogen-bond acceptors (Lipinski definition) is 8. The number of hydrogen-bond donors (Lipinski definition) is 4. The Morgan fingerprint density at radius 1 is 0.338 bits per heavy atom. The van der Waals surface area contributed by atoms with Gasteiger partial charge in [-0.1, -0.05) is 197 Å². The first-order valence-corrected chi connectivity index (χ1v) is 29.2. The SMILES string of the molecule is CCOP1(=O)Oc2c3cc(C(C)(C)C)cc2Cc2cc(C(C)(C)C)cc(c2O1)Cc1cc(C(C)(C)C)cc(c1O)Cc1cc(C(C)(C)C)cc(c1O)Cc1cc(C(C)(C)C)cc(c1O)Cc1cc(C(C)(C)C)cc(c1O)C3. The smallest absolute Gasteiger partial charge is 0.507 e. The van der Waals surface area contributed by atoms with E-state index in [0.29, 0.717) is 62.4 Å². The van der Waals surface area contributed by atoms with Gasteiger partial charge in [0.25, 0.3) is 0 Å². The number of phenols is 4. The van der Waals surface area contributed by atoms with E-state index >= 15 is 4.57 Å². The summed E-state index contributed by atoms with van der Waals surface area (Å²) in [4.78, 5) is 0. The van der Waals surface area contributed by atoms with Crippen molar-refractivity contribution in [3.63, 3.8) is 0 Å². The van der Waals surface area contributed by atoms with Crippen molar-refractivity contribution < 1.29 is 38.6 Å². The van der Waals surface area contributed by atoms with Crippen LogP contribution in [0.5, 0.6) is 34.5 Å². The zero-order valence-electron chi connectivity index (χ0n) is 49.7. The van der Waals surface area contributed by atoms with Crippen LogP contribution in [0.4, 0.5) is 0 Å². The predicted octanol–water partition coefficient (Wildman–Crippen LogP) is 17.1. The van der Waals surface area contributed by atoms with Crippen LogP contribution in [0.1, 0.15) is 232 Å². The quantitative estimate of drug-likeness (QED) is 0.126. The summed E-state index contributed by atoms with van der Waals surface area (Å²) in [6, 6.07) is 24.9. The molecule has 0 saturated heterocycles. The molecule has 14 bridgehead atoms. The van der Waals surface area contributed by atoms with Gasteiger partial charge in [0, 0.05) is 38.5 Å². The number of aromatic hydroxyl groups is 4. The maximum absolute atomic E-state index is 15.6. The Balaban J connectivity index is 1.51. The molecule has 4 N–H and O–H groups in total. The molecule has 3 aliphatic rings. The van der Waals surface area contributed by atoms with Gasteiger partial charge in [-0.15, -0.1) is 0 Å². The molecule has 9 heteroatoms. The van der Waals surface area contributed by atoms with Gasteiger partial charge in [-0.2, -0.15) is 0 Å². The maximum atomic E-state index is 15.6. The summed E-state index contributed by atoms with van der Waals surface area (Å²) in [5, 5.41) is 50.6. The summed E-state index contributed by atoms with van der Waals surface area (Å²) >= 11 is 0. The van der Waals surface area contributed by atoms with E-state index in [1.807, 2.05) is 12.1 Å². The minimum Gasteiger partial charge on any atom is -0.507 e. The van der Waals surface area contributed by atoms with E-state index in [-0.39, 0.29) is 94.2 Å². The number of fused-ring (bicyclic) bond motifs is 2. The van der Waals surface area contributed by atoms with Crippen molar-refractivity contribution in [3.8, 4) is 34.5 Å². The molecular weight excluding hydrogens is 976 g/mol. The van der Waals surface area contributed by atoms with Crippen molar-refractivity contribution in [1.29, 1.82) is 0 Å². The van der Waals surface area contributed by atoms with Crippen LogP contribution in [0, 0.1) is 0 Å². The molecule has 77 heavy (non-hydrogen) atoms. The number of phosphoric ester groups is 1. The second kappa shape index (κ2) is 19.9. The van der Waals surface area contributed by atoms with Crippen molar-refractivity contribution in [2.45, 2.75) is 203 Å². The van der Waals surface area contributed by atoms with Crippen molar-refractivity contribution in [1.82, 2.24) is 0 Å². The molecule has 2 aliphatic heterocycles. The lowest BCUT2D eigenvalue weighted by Gasteiger charge is -2.31. The lowest BCUT2D eigenvalue weighted by Crippen LogP contribution is -2.18. The first kappa shape index (κ1) is 57.5. The van der Waals surface area contributed by atoms with Gasteiger partial charge >= 0.3 is 7.82 Å². The van der Waals surface area contributed by atoms with E-state index in [9.17, 15) is 20.4 Å². The van der Waals surface area contributed by atoms with Crippen molar-refractivity contribution in [2.24, 2.45) is 0 Å². The van der Waals surface area contributed by atoms with Crippen LogP contribution in [0.25, 0.3) is 0 Å². The second-order valence-electron chi connectivity index (χ2n) is 28.4. The number of phosphoric acid groups is 1. The highest BCUT2D eigenvalue weighted by Gasteiger charge is 2.39. The van der Waals surface area contributed by atoms with Gasteiger partial charge in [0.05, 0.1) is 6.61 Å². The van der Waals surface area contributed by atoms with Gasteiger partial charge in [-0.25, -0.2) is 4.57 Å². The van der Waals surface area contributed by atoms with Crippen molar-refractivity contribution in [2.75, 3.05) is 6.61 Å². The summed E-state index contributed by atoms with van der Waals surface area (Å²) in [5.74, 6) is 1.19. The Morgan fingerprint density at radius 3 is 0.662 bits per heavy atom. The maximum Gasteiger partial charge on any atom is 0.587 e. The van der Waals surface area contributed by atoms with Crippen molar-refractivity contribution in [3.05, 3.63) is 173 Å². The molecule has 6 aromatic carbocycles. The number of phenolic OH excluding ortho intramolecular Hbond substituents is 4. The Hall–Kier alpha value is -5.69. The molecule has 6 aromatic rings. The van der Waals surface area contributed by atoms with E-state index in [0.717, 1.165) is 55.6 Å². The molecule has 8 nitrogen and oxygen atoms in total. The lowest BCUT2D eigenvalue weighted by atomic mass is 9.79. The molecule has 412 valence electrons. The topological polar surface area (TPSA) is 126 Å². The first-order chi connectivity index (χ1) is 35.3. The van der Waals surface area contributed by atoms with Gasteiger partial charge in [0.15, 0.2) is 0 Å². The van der Waals surface area contributed by atoms with Gasteiger partial charge in [-0.3, -0.25) is 4.52 Å². The van der Waals surface area contributed by atoms with Crippen LogP contribution in [0.2, 0.25) is 0 Å². The summed E-state index contributed by atoms with van der Waals surface area (Å²) in [6.07, 6.45) is 1.47. The fraction of sp³-hybridized carbons (Fsp3) is 0.471. The van der Waals surface area contributed by atoms with E-state index < -0.39 is 7.82 Å². The van der Waals surface area contributed by atoms with Gasteiger partial charge in [0.2, 0.25) is 0 Å². The zero-order valence-corrected chi connectivity index (χ0v) is 50.6. The molecule has 1 aliphatic carbocycles. The van der Waals surface area contributed by atoms with E-state index in [4.69, 9.17) is 13.6 Å². The van der Waals surface area contributed by atoms with E-state index in [1.54, 1.807) is 6.92 Å². The molecule has 0 fully saturated rings. The third-order valence-corrected chi connectivity index (χ3v) is 17.1. The normalized spacial score (nSPS) is 15.3. The third kappa shape index (κ3) is 12.2. The second-order valence-corrected chi connectivity index (χ2v) is 29.9. The van der Waals surface area contributed by atoms with Crippen LogP contribution in [-0.2, 0) is 80.1 Å². The fourth-order valence-corrected chi connectivity index (χ4v) is 12.0. The largest absolute Gasteiger partial charge is 0.587 e. The zero-order chi connectivity index (χ0) is 56.9. The van der Waals surface area contributed by atoms with Crippen LogP contribution >= 0.6 is 7.82 Å². The average Bonchev–Trinajstić information content (AvgIpc) is 3.27. The molecule has 9 rings (SSSR count). The molecule has 0 radical (unpaired) electrons. The number of benzene rings is 6. The molecule has 0 aromatic heterocycles. The van der Waals surface area contributed by atoms with Gasteiger partial charge in [-0.05, 0) is 140 Å². The molecule has 0 unspecified atom stereocenters. The summed E-state index contributed by atoms with van der Waals surface area (Å²) in [5.41, 5.74) is 12.5. The Kier molecular flexibility index (Phi) is 14.8. The third-order valence-electron chi connectivity index (χ3n) is 15.7. The van der Waals surface area contributed by atoms with Gasteiger partial charge < -0.3 is 29.5 Å². The highest BCUT2D eigenvalue weighted by molar-refractivity contribution is 7.49. The summed E-state index contributed by atoms with van der Waals surface area (Å²) in [7, 11) is -4.46. The monoisotopic (exact) mass is 1060 g/mol. The Bertz CT molecular complexity index is 3120. The lowest BCUT2D eigenvalue weighted by molar-refractivity contribution is 0.216. The average molecular weight is 1060 g/mol. The molecule has 0 saturated carbocycles. The molecule has 0 atom stereocenters. The van der Waals surface area contributed by atoms with E-state index in [2.05, 4.69) is 185 Å². The van der Waals surface area contributed by atoms with Crippen LogP contribution in [0.15, 0.2) is 72.8 Å². The standard InChI is InChI=1S/C68H87O8P/c1-20-74-77(73)75-61-47-24-45-33-53(65(8,9)10)31-43(59(45)71)22-41-29-51(63(2,3)4)27-39(57(41)69)21-40-28-52(64(5,6)7)30-42(58(40)70)23-44-32-54(66(11,12)13)34-46(60(44)72)25-48-36-56(68(17,18)19)38-50(62(48)76-77)26-49(61)37-55(35-47)67(14,15)16/h27-38,69-72H,20-26H2,1-19H3. The first-order valence-electron chi connectivity index (χ1n) is 27.7. The fourth-order valence-electron chi connectivity index (χ4n) is 10.7. The molecule has 2 heterocycles. The van der Waals surface area contributed by atoms with Crippen molar-refractivity contribution >= 4 is 7.82 Å². The molecular formula is C68H87O8P. The van der Waals surface area contributed by atoms with Crippen LogP contribution in [-0.4, -0.2) is 27.0 Å². The molecule has 0 spiro atoms. The highest BCUT2D eigenvalue weighted by atomic mass is 31.2. The van der Waals surface area contributed by atoms with E-state index in [1.165, 1.54) is 0 Å². The number of rotatable bonds is 2. The Labute approximate surface area is 460 Å². The minimum absolute atomic E-state index is 0.0399. The van der Waals surface area contributed by atoms with Gasteiger partial charge in [0.1, 0.15) is 34.5 Å². The van der Waals surface area contributed by atoms with Crippen LogP contribution < -0.4 is 9.05 Å². The minimum atomic E-state index is -4.46. The highest BCUT2D eigenvalue weighted by Crippen LogP contribution is 2.56. The predicted molar refractivity (Wildman–Crippen MR) is 315 cm³/mol. The summed E-state index contributed by atoms with van der Waals surface area (Å²) in [6.45, 7) is 40.7. The van der Waals surface area contributed by atoms with Crippen LogP contribution in [0.3, 0.4) is 0 Å². The Morgan fingerprint density at radius 2 is 0.494 bits per heavy atom. The molecule has 0 amide bonds.